The third-order valence-electron chi connectivity index (χ3n) is 7.02. The van der Waals surface area contributed by atoms with E-state index in [1.54, 1.807) is 41.5 Å². The Morgan fingerprint density at radius 1 is 1.10 bits per heavy atom. The fraction of sp³-hybridized carbons (Fsp3) is 0.516. The van der Waals surface area contributed by atoms with Crippen LogP contribution in [-0.4, -0.2) is 95.7 Å². The summed E-state index contributed by atoms with van der Waals surface area (Å²) in [6.45, 7) is 14.3. The molecule has 0 aliphatic carbocycles. The molecule has 0 saturated carbocycles. The number of amides is 3. The number of aryl methyl sites for hydroxylation is 2. The molecule has 0 bridgehead atoms. The summed E-state index contributed by atoms with van der Waals surface area (Å²) < 4.78 is 48.3. The van der Waals surface area contributed by atoms with E-state index in [0.717, 1.165) is 22.5 Å². The second-order valence-electron chi connectivity index (χ2n) is 14.4. The van der Waals surface area contributed by atoms with Crippen LogP contribution >= 0.6 is 11.3 Å². The molecular weight excluding hydrogens is 723 g/mol. The molecule has 1 saturated heterocycles. The van der Waals surface area contributed by atoms with Gasteiger partial charge in [-0.2, -0.15) is 8.42 Å². The number of esters is 1. The van der Waals surface area contributed by atoms with Crippen molar-refractivity contribution in [3.05, 3.63) is 41.3 Å². The number of aromatic nitrogens is 5. The number of thiazole rings is 1. The van der Waals surface area contributed by atoms with E-state index in [2.05, 4.69) is 31.1 Å². The first-order valence-corrected chi connectivity index (χ1v) is 18.1. The van der Waals surface area contributed by atoms with Gasteiger partial charge in [0.25, 0.3) is 11.8 Å². The fourth-order valence-electron chi connectivity index (χ4n) is 4.72. The molecule has 52 heavy (non-hydrogen) atoms. The SMILES string of the molecule is Cc1c[n+](C)ccc1-c1cn(C[C@@H]2[C@H](NC(=O)C(=NOC(C)(C)C(=O)OC(C)(C)C)c3csc(NC(=O)OC(C)(C)C)n3)C(=O)N2S(=O)(=O)O)nn1. The lowest BCUT2D eigenvalue weighted by Crippen LogP contribution is -2.73. The lowest BCUT2D eigenvalue weighted by molar-refractivity contribution is -0.671. The molecule has 0 unspecified atom stereocenters. The van der Waals surface area contributed by atoms with Crippen LogP contribution < -0.4 is 15.2 Å². The van der Waals surface area contributed by atoms with Crippen LogP contribution in [0.15, 0.2) is 35.2 Å². The number of oxime groups is 1. The molecule has 1 aliphatic rings. The molecule has 19 nitrogen and oxygen atoms in total. The van der Waals surface area contributed by atoms with Gasteiger partial charge < -0.3 is 19.6 Å². The molecule has 2 atom stereocenters. The van der Waals surface area contributed by atoms with E-state index >= 15 is 0 Å². The van der Waals surface area contributed by atoms with E-state index in [-0.39, 0.29) is 21.7 Å². The van der Waals surface area contributed by atoms with Gasteiger partial charge in [0.15, 0.2) is 23.2 Å². The minimum atomic E-state index is -5.06. The largest absolute Gasteiger partial charge is 0.457 e. The molecule has 282 valence electrons. The zero-order valence-electron chi connectivity index (χ0n) is 30.3. The topological polar surface area (TPSA) is 237 Å². The van der Waals surface area contributed by atoms with Gasteiger partial charge in [-0.1, -0.05) is 10.4 Å². The number of pyridine rings is 1. The maximum Gasteiger partial charge on any atom is 0.413 e. The molecule has 1 aliphatic heterocycles. The van der Waals surface area contributed by atoms with Crippen LogP contribution in [0.5, 0.6) is 0 Å². The summed E-state index contributed by atoms with van der Waals surface area (Å²) in [6.07, 6.45) is 4.40. The number of anilines is 1. The summed E-state index contributed by atoms with van der Waals surface area (Å²) in [5.74, 6) is -3.02. The molecule has 3 aromatic rings. The average Bonchev–Trinajstić information content (AvgIpc) is 3.63. The highest BCUT2D eigenvalue weighted by atomic mass is 32.2. The molecule has 1 fully saturated rings. The Morgan fingerprint density at radius 2 is 1.75 bits per heavy atom. The number of nitrogens with zero attached hydrogens (tertiary/aromatic N) is 7. The van der Waals surface area contributed by atoms with E-state index < -0.39 is 68.8 Å². The highest BCUT2D eigenvalue weighted by Crippen LogP contribution is 2.27. The number of β-lactam (4-membered cyclic amide) rings is 1. The second-order valence-corrected chi connectivity index (χ2v) is 16.5. The molecule has 0 radical (unpaired) electrons. The van der Waals surface area contributed by atoms with Gasteiger partial charge >= 0.3 is 22.4 Å². The minimum absolute atomic E-state index is 0.00990. The summed E-state index contributed by atoms with van der Waals surface area (Å²) in [6, 6.07) is -1.04. The Bertz CT molecular complexity index is 2010. The quantitative estimate of drug-likeness (QED) is 0.0633. The zero-order valence-corrected chi connectivity index (χ0v) is 31.9. The van der Waals surface area contributed by atoms with Crippen molar-refractivity contribution < 1.29 is 51.0 Å². The van der Waals surface area contributed by atoms with Crippen LogP contribution in [0, 0.1) is 6.92 Å². The van der Waals surface area contributed by atoms with E-state index in [4.69, 9.17) is 14.3 Å². The zero-order chi connectivity index (χ0) is 39.0. The highest BCUT2D eigenvalue weighted by molar-refractivity contribution is 7.84. The van der Waals surface area contributed by atoms with E-state index in [1.807, 2.05) is 37.0 Å². The Labute approximate surface area is 304 Å². The summed E-state index contributed by atoms with van der Waals surface area (Å²) >= 11 is 0.906. The van der Waals surface area contributed by atoms with Gasteiger partial charge in [0.05, 0.1) is 18.8 Å². The van der Waals surface area contributed by atoms with Crippen LogP contribution in [0.3, 0.4) is 0 Å². The molecule has 4 heterocycles. The van der Waals surface area contributed by atoms with Crippen LogP contribution in [0.4, 0.5) is 9.93 Å². The molecule has 21 heteroatoms. The van der Waals surface area contributed by atoms with Crippen molar-refractivity contribution in [2.24, 2.45) is 12.2 Å². The molecule has 3 aromatic heterocycles. The summed E-state index contributed by atoms with van der Waals surface area (Å²) in [4.78, 5) is 61.9. The molecule has 4 rings (SSSR count). The minimum Gasteiger partial charge on any atom is -0.457 e. The van der Waals surface area contributed by atoms with Gasteiger partial charge in [0.2, 0.25) is 5.60 Å². The lowest BCUT2D eigenvalue weighted by atomic mass is 9.98. The van der Waals surface area contributed by atoms with Gasteiger partial charge in [-0.15, -0.1) is 16.4 Å². The number of ether oxygens (including phenoxy) is 2. The van der Waals surface area contributed by atoms with E-state index in [1.165, 1.54) is 30.1 Å². The summed E-state index contributed by atoms with van der Waals surface area (Å²) in [5, 5.41) is 18.4. The number of rotatable bonds is 11. The van der Waals surface area contributed by atoms with Crippen LogP contribution in [-0.2, 0) is 52.6 Å². The predicted molar refractivity (Wildman–Crippen MR) is 185 cm³/mol. The second kappa shape index (κ2) is 14.5. The Balaban J connectivity index is 1.64. The Hall–Kier alpha value is -5.02. The first kappa shape index (κ1) is 39.8. The van der Waals surface area contributed by atoms with Crippen molar-refractivity contribution >= 4 is 56.4 Å². The maximum absolute atomic E-state index is 13.8. The number of hydrogen-bond acceptors (Lipinski definition) is 14. The fourth-order valence-corrected chi connectivity index (χ4v) is 6.27. The van der Waals surface area contributed by atoms with Crippen LogP contribution in [0.1, 0.15) is 66.6 Å². The van der Waals surface area contributed by atoms with Crippen LogP contribution in [0.2, 0.25) is 0 Å². The molecule has 3 amide bonds. The molecular formula is C31H42N9O10S2+. The smallest absolute Gasteiger partial charge is 0.413 e. The third-order valence-corrected chi connectivity index (χ3v) is 8.72. The number of nitrogens with one attached hydrogen (secondary N) is 2. The first-order valence-electron chi connectivity index (χ1n) is 15.8. The lowest BCUT2D eigenvalue weighted by Gasteiger charge is -2.43. The van der Waals surface area contributed by atoms with Gasteiger partial charge in [0, 0.05) is 22.6 Å². The van der Waals surface area contributed by atoms with Crippen molar-refractivity contribution in [2.45, 2.75) is 97.7 Å². The summed E-state index contributed by atoms with van der Waals surface area (Å²) in [5.41, 5.74) is -2.00. The van der Waals surface area contributed by atoms with E-state index in [0.29, 0.717) is 5.69 Å². The van der Waals surface area contributed by atoms with E-state index in [9.17, 15) is 32.1 Å². The molecule has 0 aromatic carbocycles. The van der Waals surface area contributed by atoms with Crippen molar-refractivity contribution in [1.29, 1.82) is 0 Å². The van der Waals surface area contributed by atoms with Gasteiger partial charge in [-0.3, -0.25) is 19.5 Å². The number of carbonyl (C=O) groups is 4. The normalized spacial score (nSPS) is 16.9. The van der Waals surface area contributed by atoms with Crippen molar-refractivity contribution in [3.8, 4) is 11.3 Å². The van der Waals surface area contributed by atoms with Crippen molar-refractivity contribution in [3.63, 3.8) is 0 Å². The third kappa shape index (κ3) is 9.85. The van der Waals surface area contributed by atoms with Gasteiger partial charge in [0.1, 0.15) is 35.7 Å². The Kier molecular flexibility index (Phi) is 11.1. The summed E-state index contributed by atoms with van der Waals surface area (Å²) in [7, 11) is -3.20. The number of carbonyl (C=O) groups excluding carboxylic acids is 4. The first-order chi connectivity index (χ1) is 23.8. The molecule has 3 N–H and O–H groups in total. The van der Waals surface area contributed by atoms with Crippen molar-refractivity contribution in [1.82, 2.24) is 29.6 Å². The standard InChI is InChI=1S/C31H41N9O10S2/c1-17-13-38(10)12-11-18(17)19-14-39(37-35-19)15-21-23(25(42)40(21)52(45,46)47)33-24(41)22(36-50-31(8,9)26(43)48-29(2,3)4)20-16-51-27(32-20)34-28(44)49-30(5,6)7/h11-14,16,21,23H,15H2,1-10H3,(H2-,32,33,34,41,44,45,46,47)/p+1/t21-,23+/m1/s1. The highest BCUT2D eigenvalue weighted by Gasteiger charge is 2.54. The average molecular weight is 765 g/mol. The van der Waals surface area contributed by atoms with Gasteiger partial charge in [-0.05, 0) is 62.3 Å². The van der Waals surface area contributed by atoms with Gasteiger partial charge in [-0.25, -0.2) is 28.1 Å². The number of hydrogen-bond donors (Lipinski definition) is 3. The predicted octanol–water partition coefficient (Wildman–Crippen LogP) is 1.92. The Morgan fingerprint density at radius 3 is 2.35 bits per heavy atom. The molecule has 0 spiro atoms. The van der Waals surface area contributed by atoms with Crippen molar-refractivity contribution in [2.75, 3.05) is 5.32 Å². The van der Waals surface area contributed by atoms with Crippen LogP contribution in [0.25, 0.3) is 11.3 Å². The monoisotopic (exact) mass is 764 g/mol. The maximum atomic E-state index is 13.8.